The molecule has 1 aliphatic carbocycles. The maximum absolute atomic E-state index is 5.71. The molecule has 3 nitrogen and oxygen atoms in total. The highest BCUT2D eigenvalue weighted by Crippen LogP contribution is 2.07. The third-order valence-corrected chi connectivity index (χ3v) is 1.63. The predicted octanol–water partition coefficient (Wildman–Crippen LogP) is -0.338. The van der Waals surface area contributed by atoms with Gasteiger partial charge in [-0.05, 0) is 6.92 Å². The van der Waals surface area contributed by atoms with E-state index in [-0.39, 0.29) is 12.1 Å². The molecule has 0 aromatic heterocycles. The number of hydrogen-bond acceptors (Lipinski definition) is 3. The lowest BCUT2D eigenvalue weighted by molar-refractivity contribution is 0.559. The Labute approximate surface area is 60.7 Å². The van der Waals surface area contributed by atoms with Crippen LogP contribution in [0.2, 0.25) is 0 Å². The minimum atomic E-state index is 0.00926. The zero-order valence-corrected chi connectivity index (χ0v) is 6.04. The van der Waals surface area contributed by atoms with Crippen LogP contribution < -0.4 is 17.0 Å². The molecule has 0 aromatic carbocycles. The summed E-state index contributed by atoms with van der Waals surface area (Å²) in [4.78, 5) is 0. The molecular formula is C7H13N3. The number of hydrogen-bond donors (Lipinski definition) is 3. The fourth-order valence-corrected chi connectivity index (χ4v) is 1.01. The van der Waals surface area contributed by atoms with Crippen LogP contribution in [-0.2, 0) is 0 Å². The van der Waals surface area contributed by atoms with Crippen molar-refractivity contribution in [3.05, 3.63) is 23.8 Å². The topological polar surface area (TPSA) is 64.1 Å². The van der Waals surface area contributed by atoms with E-state index >= 15 is 0 Å². The van der Waals surface area contributed by atoms with E-state index in [4.69, 9.17) is 11.6 Å². The fraction of sp³-hybridized carbons (Fsp3) is 0.429. The number of nitrogens with two attached hydrogens (primary N) is 2. The molecule has 0 aliphatic heterocycles. The summed E-state index contributed by atoms with van der Waals surface area (Å²) in [5.41, 5.74) is 9.52. The van der Waals surface area contributed by atoms with E-state index in [0.29, 0.717) is 0 Å². The Hall–Kier alpha value is -0.640. The molecule has 0 bridgehead atoms. The Morgan fingerprint density at radius 3 is 2.80 bits per heavy atom. The lowest BCUT2D eigenvalue weighted by atomic mass is 10.0. The number of nitrogens with one attached hydrogen (secondary N) is 1. The molecule has 3 heteroatoms. The summed E-state index contributed by atoms with van der Waals surface area (Å²) in [5, 5.41) is 0. The molecule has 5 N–H and O–H groups in total. The summed E-state index contributed by atoms with van der Waals surface area (Å²) in [7, 11) is 0. The molecule has 10 heavy (non-hydrogen) atoms. The SMILES string of the molecule is CC1=CC(N)C(NN)C=C1. The van der Waals surface area contributed by atoms with E-state index in [1.807, 2.05) is 25.2 Å². The molecule has 0 radical (unpaired) electrons. The lowest BCUT2D eigenvalue weighted by Gasteiger charge is -2.20. The zero-order chi connectivity index (χ0) is 7.56. The van der Waals surface area contributed by atoms with E-state index in [9.17, 15) is 0 Å². The first-order valence-corrected chi connectivity index (χ1v) is 3.32. The number of hydrazine groups is 1. The van der Waals surface area contributed by atoms with Crippen molar-refractivity contribution in [2.45, 2.75) is 19.0 Å². The van der Waals surface area contributed by atoms with E-state index < -0.39 is 0 Å². The Bertz CT molecular complexity index is 172. The van der Waals surface area contributed by atoms with Crippen molar-refractivity contribution in [3.8, 4) is 0 Å². The lowest BCUT2D eigenvalue weighted by Crippen LogP contribution is -2.47. The van der Waals surface area contributed by atoms with Gasteiger partial charge in [0.1, 0.15) is 0 Å². The van der Waals surface area contributed by atoms with Crippen molar-refractivity contribution in [3.63, 3.8) is 0 Å². The van der Waals surface area contributed by atoms with Gasteiger partial charge < -0.3 is 5.73 Å². The van der Waals surface area contributed by atoms with E-state index in [1.165, 1.54) is 5.57 Å². The molecule has 0 saturated carbocycles. The van der Waals surface area contributed by atoms with Gasteiger partial charge in [0.05, 0.1) is 6.04 Å². The Kier molecular flexibility index (Phi) is 2.21. The van der Waals surface area contributed by atoms with Crippen molar-refractivity contribution in [2.75, 3.05) is 0 Å². The molecule has 0 amide bonds. The van der Waals surface area contributed by atoms with E-state index in [1.54, 1.807) is 0 Å². The fourth-order valence-electron chi connectivity index (χ4n) is 1.01. The summed E-state index contributed by atoms with van der Waals surface area (Å²) in [6, 6.07) is 0.0960. The second-order valence-electron chi connectivity index (χ2n) is 2.54. The van der Waals surface area contributed by atoms with Crippen molar-refractivity contribution < 1.29 is 0 Å². The summed E-state index contributed by atoms with van der Waals surface area (Å²) in [6.07, 6.45) is 5.97. The average molecular weight is 139 g/mol. The van der Waals surface area contributed by atoms with Gasteiger partial charge in [0.15, 0.2) is 0 Å². The summed E-state index contributed by atoms with van der Waals surface area (Å²) in [6.45, 7) is 2.02. The zero-order valence-electron chi connectivity index (χ0n) is 6.04. The maximum atomic E-state index is 5.71. The van der Waals surface area contributed by atoms with Gasteiger partial charge in [-0.2, -0.15) is 0 Å². The van der Waals surface area contributed by atoms with Crippen molar-refractivity contribution in [2.24, 2.45) is 11.6 Å². The average Bonchev–Trinajstić information content (AvgIpc) is 1.88. The summed E-state index contributed by atoms with van der Waals surface area (Å²) in [5.74, 6) is 5.23. The van der Waals surface area contributed by atoms with Crippen molar-refractivity contribution in [1.82, 2.24) is 5.43 Å². The standard InChI is InChI=1S/C7H13N3/c1-5-2-3-7(10-9)6(8)4-5/h2-4,6-7,10H,8-9H2,1H3. The largest absolute Gasteiger partial charge is 0.323 e. The van der Waals surface area contributed by atoms with Crippen LogP contribution in [0.25, 0.3) is 0 Å². The smallest absolute Gasteiger partial charge is 0.0581 e. The first-order valence-electron chi connectivity index (χ1n) is 3.32. The third kappa shape index (κ3) is 1.44. The third-order valence-electron chi connectivity index (χ3n) is 1.63. The van der Waals surface area contributed by atoms with Crippen LogP contribution in [0.15, 0.2) is 23.8 Å². The second kappa shape index (κ2) is 2.96. The van der Waals surface area contributed by atoms with Gasteiger partial charge in [-0.3, -0.25) is 11.3 Å². The van der Waals surface area contributed by atoms with Crippen LogP contribution in [0.3, 0.4) is 0 Å². The van der Waals surface area contributed by atoms with Crippen LogP contribution in [0.5, 0.6) is 0 Å². The number of allylic oxidation sites excluding steroid dienone is 2. The predicted molar refractivity (Wildman–Crippen MR) is 42.0 cm³/mol. The van der Waals surface area contributed by atoms with Crippen LogP contribution in [0.1, 0.15) is 6.92 Å². The molecule has 1 rings (SSSR count). The van der Waals surface area contributed by atoms with Crippen molar-refractivity contribution in [1.29, 1.82) is 0 Å². The van der Waals surface area contributed by atoms with Gasteiger partial charge in [-0.25, -0.2) is 0 Å². The van der Waals surface area contributed by atoms with Crippen molar-refractivity contribution >= 4 is 0 Å². The molecule has 0 spiro atoms. The van der Waals surface area contributed by atoms with E-state index in [2.05, 4.69) is 5.43 Å². The maximum Gasteiger partial charge on any atom is 0.0581 e. The minimum absolute atomic E-state index is 0.00926. The molecule has 0 aromatic rings. The van der Waals surface area contributed by atoms with Crippen LogP contribution >= 0.6 is 0 Å². The Morgan fingerprint density at radius 1 is 1.60 bits per heavy atom. The van der Waals surface area contributed by atoms with Gasteiger partial charge in [-0.15, -0.1) is 0 Å². The minimum Gasteiger partial charge on any atom is -0.323 e. The van der Waals surface area contributed by atoms with Crippen LogP contribution in [-0.4, -0.2) is 12.1 Å². The molecule has 2 atom stereocenters. The van der Waals surface area contributed by atoms with Crippen LogP contribution in [0.4, 0.5) is 0 Å². The second-order valence-corrected chi connectivity index (χ2v) is 2.54. The van der Waals surface area contributed by atoms with Gasteiger partial charge >= 0.3 is 0 Å². The van der Waals surface area contributed by atoms with Crippen LogP contribution in [0, 0.1) is 0 Å². The van der Waals surface area contributed by atoms with Gasteiger partial charge in [0.25, 0.3) is 0 Å². The monoisotopic (exact) mass is 139 g/mol. The number of rotatable bonds is 1. The molecule has 56 valence electrons. The van der Waals surface area contributed by atoms with E-state index in [0.717, 1.165) is 0 Å². The molecule has 0 saturated heterocycles. The quantitative estimate of drug-likeness (QED) is 0.344. The molecule has 0 heterocycles. The van der Waals surface area contributed by atoms with Gasteiger partial charge in [-0.1, -0.05) is 23.8 Å². The van der Waals surface area contributed by atoms with Gasteiger partial charge in [0, 0.05) is 6.04 Å². The highest BCUT2D eigenvalue weighted by Gasteiger charge is 2.13. The Morgan fingerprint density at radius 2 is 2.30 bits per heavy atom. The summed E-state index contributed by atoms with van der Waals surface area (Å²) >= 11 is 0. The molecular weight excluding hydrogens is 126 g/mol. The summed E-state index contributed by atoms with van der Waals surface area (Å²) < 4.78 is 0. The highest BCUT2D eigenvalue weighted by molar-refractivity contribution is 5.27. The first-order chi connectivity index (χ1) is 4.74. The van der Waals surface area contributed by atoms with Gasteiger partial charge in [0.2, 0.25) is 0 Å². The highest BCUT2D eigenvalue weighted by atomic mass is 15.2. The first kappa shape index (κ1) is 7.47. The normalized spacial score (nSPS) is 32.1. The Balaban J connectivity index is 2.64. The molecule has 2 unspecified atom stereocenters. The molecule has 1 aliphatic rings. The molecule has 0 fully saturated rings.